The predicted molar refractivity (Wildman–Crippen MR) is 37.6 cm³/mol. The molecule has 0 aliphatic carbocycles. The van der Waals surface area contributed by atoms with Gasteiger partial charge in [-0.15, -0.1) is 0 Å². The number of aliphatic hydroxyl groups excluding tert-OH is 1. The van der Waals surface area contributed by atoms with Crippen molar-refractivity contribution in [1.82, 2.24) is 9.78 Å². The topological polar surface area (TPSA) is 38.0 Å². The Labute approximate surface area is 60.3 Å². The molecule has 0 saturated carbocycles. The number of hydrogen-bond donors (Lipinski definition) is 1. The molecule has 0 fully saturated rings. The lowest BCUT2D eigenvalue weighted by Crippen LogP contribution is -2.05. The monoisotopic (exact) mass is 139 g/mol. The number of nitrogens with zero attached hydrogens (tertiary/aromatic N) is 2. The fourth-order valence-electron chi connectivity index (χ4n) is 0.797. The van der Waals surface area contributed by atoms with Crippen molar-refractivity contribution in [2.24, 2.45) is 0 Å². The van der Waals surface area contributed by atoms with Gasteiger partial charge in [0.25, 0.3) is 0 Å². The molecule has 1 N–H and O–H groups in total. The van der Waals surface area contributed by atoms with Gasteiger partial charge in [0.2, 0.25) is 0 Å². The van der Waals surface area contributed by atoms with Crippen LogP contribution in [0.1, 0.15) is 11.3 Å². The molecular formula is C7H11N2O. The number of aryl methyl sites for hydroxylation is 1. The maximum absolute atomic E-state index is 8.58. The predicted octanol–water partition coefficient (Wildman–Crippen LogP) is 0.292. The highest BCUT2D eigenvalue weighted by Crippen LogP contribution is 2.02. The quantitative estimate of drug-likeness (QED) is 0.639. The lowest BCUT2D eigenvalue weighted by molar-refractivity contribution is 0.268. The molecule has 1 aromatic heterocycles. The van der Waals surface area contributed by atoms with E-state index in [1.165, 1.54) is 0 Å². The summed E-state index contributed by atoms with van der Waals surface area (Å²) in [5.74, 6) is 0. The summed E-state index contributed by atoms with van der Waals surface area (Å²) in [6.07, 6.45) is 2.82. The number of rotatable bonds is 2. The maximum atomic E-state index is 8.58. The van der Waals surface area contributed by atoms with Gasteiger partial charge in [0.1, 0.15) is 6.20 Å². The van der Waals surface area contributed by atoms with Crippen molar-refractivity contribution >= 4 is 0 Å². The van der Waals surface area contributed by atoms with Crippen LogP contribution in [-0.2, 0) is 6.54 Å². The van der Waals surface area contributed by atoms with Gasteiger partial charge in [0, 0.05) is 5.69 Å². The van der Waals surface area contributed by atoms with Crippen molar-refractivity contribution in [3.8, 4) is 0 Å². The van der Waals surface area contributed by atoms with Crippen molar-refractivity contribution in [1.29, 1.82) is 0 Å². The van der Waals surface area contributed by atoms with Crippen LogP contribution >= 0.6 is 0 Å². The summed E-state index contributed by atoms with van der Waals surface area (Å²) in [6, 6.07) is 0. The van der Waals surface area contributed by atoms with Crippen molar-refractivity contribution in [2.45, 2.75) is 20.4 Å². The third-order valence-electron chi connectivity index (χ3n) is 1.58. The van der Waals surface area contributed by atoms with E-state index in [9.17, 15) is 0 Å². The minimum Gasteiger partial charge on any atom is -0.394 e. The Morgan fingerprint density at radius 3 is 2.70 bits per heavy atom. The summed E-state index contributed by atoms with van der Waals surface area (Å²) < 4.78 is 1.75. The van der Waals surface area contributed by atoms with E-state index in [0.29, 0.717) is 6.54 Å². The first kappa shape index (κ1) is 7.28. The minimum atomic E-state index is 0.135. The second-order valence-corrected chi connectivity index (χ2v) is 2.27. The lowest BCUT2D eigenvalue weighted by Gasteiger charge is -1.99. The van der Waals surface area contributed by atoms with Gasteiger partial charge in [-0.25, -0.2) is 0 Å². The average Bonchev–Trinajstić information content (AvgIpc) is 2.20. The summed E-state index contributed by atoms with van der Waals surface area (Å²) in [7, 11) is 0. The number of aliphatic hydroxyl groups is 1. The van der Waals surface area contributed by atoms with Crippen molar-refractivity contribution < 1.29 is 5.11 Å². The van der Waals surface area contributed by atoms with Crippen LogP contribution in [0, 0.1) is 20.0 Å². The molecule has 0 aliphatic heterocycles. The van der Waals surface area contributed by atoms with Gasteiger partial charge in [-0.1, -0.05) is 0 Å². The second kappa shape index (κ2) is 2.84. The molecule has 1 rings (SSSR count). The molecule has 1 heterocycles. The lowest BCUT2D eigenvalue weighted by atomic mass is 10.3. The number of aromatic nitrogens is 2. The molecule has 0 aliphatic rings. The highest BCUT2D eigenvalue weighted by atomic mass is 16.3. The molecule has 3 nitrogen and oxygen atoms in total. The zero-order valence-electron chi connectivity index (χ0n) is 6.26. The molecule has 55 valence electrons. The Morgan fingerprint density at radius 2 is 2.30 bits per heavy atom. The highest BCUT2D eigenvalue weighted by Gasteiger charge is 1.99. The van der Waals surface area contributed by atoms with Crippen LogP contribution in [0.5, 0.6) is 0 Å². The van der Waals surface area contributed by atoms with E-state index in [2.05, 4.69) is 11.3 Å². The molecule has 0 unspecified atom stereocenters. The summed E-state index contributed by atoms with van der Waals surface area (Å²) in [5.41, 5.74) is 2.13. The Bertz CT molecular complexity index is 217. The Morgan fingerprint density at radius 1 is 1.60 bits per heavy atom. The Kier molecular flexibility index (Phi) is 2.06. The van der Waals surface area contributed by atoms with E-state index >= 15 is 0 Å². The molecule has 0 atom stereocenters. The first-order valence-electron chi connectivity index (χ1n) is 3.28. The molecule has 1 aromatic rings. The zero-order chi connectivity index (χ0) is 7.56. The molecule has 0 amide bonds. The third kappa shape index (κ3) is 1.19. The Hall–Kier alpha value is -0.830. The Balaban J connectivity index is 2.83. The number of hydrogen-bond acceptors (Lipinski definition) is 2. The first-order chi connectivity index (χ1) is 4.75. The second-order valence-electron chi connectivity index (χ2n) is 2.27. The van der Waals surface area contributed by atoms with Crippen LogP contribution in [0.2, 0.25) is 0 Å². The summed E-state index contributed by atoms with van der Waals surface area (Å²) in [5, 5.41) is 12.5. The minimum absolute atomic E-state index is 0.135. The average molecular weight is 139 g/mol. The molecule has 0 aromatic carbocycles. The molecule has 0 bridgehead atoms. The van der Waals surface area contributed by atoms with E-state index in [1.807, 2.05) is 13.8 Å². The molecule has 0 saturated heterocycles. The molecule has 0 spiro atoms. The van der Waals surface area contributed by atoms with Gasteiger partial charge in [0.05, 0.1) is 13.2 Å². The van der Waals surface area contributed by atoms with Crippen LogP contribution in [0.4, 0.5) is 0 Å². The van der Waals surface area contributed by atoms with Crippen molar-refractivity contribution in [3.05, 3.63) is 17.5 Å². The smallest absolute Gasteiger partial charge is 0.116 e. The van der Waals surface area contributed by atoms with E-state index < -0.39 is 0 Å². The largest absolute Gasteiger partial charge is 0.394 e. The van der Waals surface area contributed by atoms with E-state index in [1.54, 1.807) is 4.68 Å². The standard InChI is InChI=1S/C7H11N2O/c1-6-5-8-9(3-4-10)7(6)2/h10H,3-4H2,1-2H3. The van der Waals surface area contributed by atoms with E-state index in [0.717, 1.165) is 11.3 Å². The van der Waals surface area contributed by atoms with Gasteiger partial charge in [-0.05, 0) is 19.4 Å². The highest BCUT2D eigenvalue weighted by molar-refractivity contribution is 5.11. The summed E-state index contributed by atoms with van der Waals surface area (Å²) >= 11 is 0. The van der Waals surface area contributed by atoms with Crippen LogP contribution in [0.15, 0.2) is 0 Å². The van der Waals surface area contributed by atoms with Crippen LogP contribution < -0.4 is 0 Å². The van der Waals surface area contributed by atoms with Crippen molar-refractivity contribution in [2.75, 3.05) is 6.61 Å². The molecular weight excluding hydrogens is 128 g/mol. The van der Waals surface area contributed by atoms with Crippen LogP contribution in [-0.4, -0.2) is 21.5 Å². The normalized spacial score (nSPS) is 10.3. The first-order valence-corrected chi connectivity index (χ1v) is 3.28. The van der Waals surface area contributed by atoms with Crippen LogP contribution in [0.25, 0.3) is 0 Å². The zero-order valence-corrected chi connectivity index (χ0v) is 6.26. The van der Waals surface area contributed by atoms with Crippen molar-refractivity contribution in [3.63, 3.8) is 0 Å². The van der Waals surface area contributed by atoms with E-state index in [-0.39, 0.29) is 6.61 Å². The summed E-state index contributed by atoms with van der Waals surface area (Å²) in [4.78, 5) is 0. The summed E-state index contributed by atoms with van der Waals surface area (Å²) in [6.45, 7) is 4.62. The fraction of sp³-hybridized carbons (Fsp3) is 0.571. The molecule has 1 radical (unpaired) electrons. The van der Waals surface area contributed by atoms with Crippen LogP contribution in [0.3, 0.4) is 0 Å². The fourth-order valence-corrected chi connectivity index (χ4v) is 0.797. The third-order valence-corrected chi connectivity index (χ3v) is 1.58. The van der Waals surface area contributed by atoms with Gasteiger partial charge >= 0.3 is 0 Å². The van der Waals surface area contributed by atoms with Gasteiger partial charge in [-0.3, -0.25) is 4.68 Å². The van der Waals surface area contributed by atoms with Gasteiger partial charge in [0.15, 0.2) is 0 Å². The molecule has 3 heteroatoms. The van der Waals surface area contributed by atoms with Gasteiger partial charge < -0.3 is 5.11 Å². The SMILES string of the molecule is Cc1[c]nn(CCO)c1C. The maximum Gasteiger partial charge on any atom is 0.116 e. The van der Waals surface area contributed by atoms with Gasteiger partial charge in [-0.2, -0.15) is 5.10 Å². The van der Waals surface area contributed by atoms with E-state index in [4.69, 9.17) is 5.11 Å². The molecule has 10 heavy (non-hydrogen) atoms.